The van der Waals surface area contributed by atoms with Crippen LogP contribution in [0.15, 0.2) is 48.5 Å². The molecule has 0 saturated carbocycles. The molecule has 0 aliphatic carbocycles. The van der Waals surface area contributed by atoms with Crippen LogP contribution in [0.4, 0.5) is 5.69 Å². The molecule has 2 aromatic rings. The number of carbonyl (C=O) groups is 1. The summed E-state index contributed by atoms with van der Waals surface area (Å²) >= 11 is 5.22. The summed E-state index contributed by atoms with van der Waals surface area (Å²) in [5, 5.41) is 6.06. The van der Waals surface area contributed by atoms with Crippen molar-refractivity contribution in [2.75, 3.05) is 5.32 Å². The van der Waals surface area contributed by atoms with Crippen LogP contribution < -0.4 is 10.6 Å². The first-order valence-electron chi connectivity index (χ1n) is 7.79. The maximum Gasteiger partial charge on any atom is 0.257 e. The van der Waals surface area contributed by atoms with E-state index in [9.17, 15) is 4.79 Å². The quantitative estimate of drug-likeness (QED) is 0.805. The molecule has 23 heavy (non-hydrogen) atoms. The summed E-state index contributed by atoms with van der Waals surface area (Å²) in [5.41, 5.74) is 3.72. The zero-order chi connectivity index (χ0) is 16.8. The Labute approximate surface area is 143 Å². The molecule has 1 amide bonds. The smallest absolute Gasteiger partial charge is 0.257 e. The van der Waals surface area contributed by atoms with E-state index in [4.69, 9.17) is 12.2 Å². The van der Waals surface area contributed by atoms with Gasteiger partial charge in [-0.2, -0.15) is 0 Å². The van der Waals surface area contributed by atoms with Gasteiger partial charge in [0.1, 0.15) is 0 Å². The Bertz CT molecular complexity index is 695. The first-order valence-corrected chi connectivity index (χ1v) is 8.20. The van der Waals surface area contributed by atoms with Crippen LogP contribution in [-0.4, -0.2) is 11.0 Å². The molecule has 0 aliphatic rings. The highest BCUT2D eigenvalue weighted by Gasteiger charge is 2.10. The minimum atomic E-state index is -0.197. The van der Waals surface area contributed by atoms with Crippen LogP contribution in [0.1, 0.15) is 47.7 Å². The molecular formula is C19H22N2OS. The van der Waals surface area contributed by atoms with Gasteiger partial charge in [-0.05, 0) is 60.8 Å². The largest absolute Gasteiger partial charge is 0.332 e. The Balaban J connectivity index is 1.97. The van der Waals surface area contributed by atoms with E-state index in [1.54, 1.807) is 6.07 Å². The third kappa shape index (κ3) is 4.63. The summed E-state index contributed by atoms with van der Waals surface area (Å²) in [7, 11) is 0. The van der Waals surface area contributed by atoms with E-state index >= 15 is 0 Å². The molecule has 0 saturated heterocycles. The maximum absolute atomic E-state index is 12.2. The molecule has 1 unspecified atom stereocenters. The average molecular weight is 326 g/mol. The lowest BCUT2D eigenvalue weighted by molar-refractivity contribution is 0.0977. The Kier molecular flexibility index (Phi) is 5.88. The van der Waals surface area contributed by atoms with Crippen molar-refractivity contribution in [3.63, 3.8) is 0 Å². The molecule has 0 aliphatic heterocycles. The Morgan fingerprint density at radius 2 is 1.78 bits per heavy atom. The number of aryl methyl sites for hydroxylation is 1. The topological polar surface area (TPSA) is 41.1 Å². The molecule has 0 bridgehead atoms. The lowest BCUT2D eigenvalue weighted by atomic mass is 9.99. The van der Waals surface area contributed by atoms with Gasteiger partial charge in [0.2, 0.25) is 0 Å². The normalized spacial score (nSPS) is 11.6. The molecule has 2 rings (SSSR count). The molecule has 0 radical (unpaired) electrons. The molecule has 0 heterocycles. The van der Waals surface area contributed by atoms with Crippen molar-refractivity contribution in [3.8, 4) is 0 Å². The second kappa shape index (κ2) is 7.88. The summed E-state index contributed by atoms with van der Waals surface area (Å²) in [6.45, 7) is 6.28. The van der Waals surface area contributed by atoms with E-state index in [0.29, 0.717) is 16.6 Å². The van der Waals surface area contributed by atoms with E-state index in [1.807, 2.05) is 37.3 Å². The van der Waals surface area contributed by atoms with Crippen LogP contribution in [0.3, 0.4) is 0 Å². The van der Waals surface area contributed by atoms with Gasteiger partial charge >= 0.3 is 0 Å². The van der Waals surface area contributed by atoms with Crippen LogP contribution in [-0.2, 0) is 0 Å². The fourth-order valence-electron chi connectivity index (χ4n) is 2.29. The number of benzene rings is 2. The zero-order valence-electron chi connectivity index (χ0n) is 13.7. The molecule has 1 atom stereocenters. The summed E-state index contributed by atoms with van der Waals surface area (Å²) in [6.07, 6.45) is 1.11. The van der Waals surface area contributed by atoms with Crippen molar-refractivity contribution >= 4 is 28.9 Å². The summed E-state index contributed by atoms with van der Waals surface area (Å²) in [6, 6.07) is 15.6. The van der Waals surface area contributed by atoms with E-state index in [1.165, 1.54) is 5.56 Å². The fourth-order valence-corrected chi connectivity index (χ4v) is 2.50. The Hall–Kier alpha value is -2.20. The van der Waals surface area contributed by atoms with E-state index in [2.05, 4.69) is 36.6 Å². The van der Waals surface area contributed by atoms with E-state index < -0.39 is 0 Å². The van der Waals surface area contributed by atoms with Crippen molar-refractivity contribution in [1.29, 1.82) is 0 Å². The second-order valence-corrected chi connectivity index (χ2v) is 6.06. The van der Waals surface area contributed by atoms with Gasteiger partial charge in [0.25, 0.3) is 5.91 Å². The van der Waals surface area contributed by atoms with Crippen molar-refractivity contribution in [3.05, 3.63) is 65.2 Å². The maximum atomic E-state index is 12.2. The van der Waals surface area contributed by atoms with E-state index in [0.717, 1.165) is 17.7 Å². The highest BCUT2D eigenvalue weighted by molar-refractivity contribution is 7.80. The predicted octanol–water partition coefficient (Wildman–Crippen LogP) is 4.64. The summed E-state index contributed by atoms with van der Waals surface area (Å²) in [5.74, 6) is 0.341. The summed E-state index contributed by atoms with van der Waals surface area (Å²) < 4.78 is 0. The number of hydrogen-bond donors (Lipinski definition) is 2. The average Bonchev–Trinajstić information content (AvgIpc) is 2.55. The third-order valence-corrected chi connectivity index (χ3v) is 4.17. The van der Waals surface area contributed by atoms with Crippen molar-refractivity contribution in [2.24, 2.45) is 0 Å². The van der Waals surface area contributed by atoms with Gasteiger partial charge in [0, 0.05) is 11.3 Å². The van der Waals surface area contributed by atoms with Gasteiger partial charge in [-0.25, -0.2) is 0 Å². The monoisotopic (exact) mass is 326 g/mol. The lowest BCUT2D eigenvalue weighted by Gasteiger charge is -2.13. The number of thiocarbonyl (C=S) groups is 1. The number of nitrogens with one attached hydrogen (secondary N) is 2. The molecule has 3 nitrogen and oxygen atoms in total. The van der Waals surface area contributed by atoms with Gasteiger partial charge in [-0.15, -0.1) is 0 Å². The van der Waals surface area contributed by atoms with Gasteiger partial charge in [0.15, 0.2) is 5.11 Å². The van der Waals surface area contributed by atoms with Crippen molar-refractivity contribution in [2.45, 2.75) is 33.1 Å². The predicted molar refractivity (Wildman–Crippen MR) is 100 cm³/mol. The van der Waals surface area contributed by atoms with Gasteiger partial charge < -0.3 is 5.32 Å². The minimum absolute atomic E-state index is 0.197. The number of hydrogen-bond acceptors (Lipinski definition) is 2. The second-order valence-electron chi connectivity index (χ2n) is 5.65. The fraction of sp³-hybridized carbons (Fsp3) is 0.263. The van der Waals surface area contributed by atoms with Crippen LogP contribution in [0.25, 0.3) is 0 Å². The van der Waals surface area contributed by atoms with Crippen LogP contribution in [0.2, 0.25) is 0 Å². The molecule has 2 N–H and O–H groups in total. The van der Waals surface area contributed by atoms with Crippen LogP contribution in [0.5, 0.6) is 0 Å². The lowest BCUT2D eigenvalue weighted by Crippen LogP contribution is -2.34. The molecule has 4 heteroatoms. The number of rotatable bonds is 4. The van der Waals surface area contributed by atoms with Crippen molar-refractivity contribution < 1.29 is 4.79 Å². The standard InChI is InChI=1S/C19H22N2OS/c1-4-13(2)15-9-11-16(12-10-15)20-19(23)21-18(22)17-8-6-5-7-14(17)3/h5-13H,4H2,1-3H3,(H2,20,21,22,23). The first kappa shape index (κ1) is 17.2. The summed E-state index contributed by atoms with van der Waals surface area (Å²) in [4.78, 5) is 12.2. The molecule has 0 fully saturated rings. The van der Waals surface area contributed by atoms with Crippen LogP contribution >= 0.6 is 12.2 Å². The van der Waals surface area contributed by atoms with E-state index in [-0.39, 0.29) is 5.91 Å². The number of carbonyl (C=O) groups excluding carboxylic acids is 1. The van der Waals surface area contributed by atoms with Crippen LogP contribution in [0, 0.1) is 6.92 Å². The van der Waals surface area contributed by atoms with Crippen molar-refractivity contribution in [1.82, 2.24) is 5.32 Å². The van der Waals surface area contributed by atoms with Gasteiger partial charge in [-0.1, -0.05) is 44.2 Å². The Morgan fingerprint density at radius 3 is 2.39 bits per heavy atom. The zero-order valence-corrected chi connectivity index (χ0v) is 14.5. The van der Waals surface area contributed by atoms with Gasteiger partial charge in [-0.3, -0.25) is 10.1 Å². The molecule has 0 spiro atoms. The number of amides is 1. The SMILES string of the molecule is CCC(C)c1ccc(NC(=S)NC(=O)c2ccccc2C)cc1. The minimum Gasteiger partial charge on any atom is -0.332 e. The highest BCUT2D eigenvalue weighted by atomic mass is 32.1. The molecule has 0 aromatic heterocycles. The number of anilines is 1. The van der Waals surface area contributed by atoms with Gasteiger partial charge in [0.05, 0.1) is 0 Å². The molecular weight excluding hydrogens is 304 g/mol. The highest BCUT2D eigenvalue weighted by Crippen LogP contribution is 2.20. The Morgan fingerprint density at radius 1 is 1.13 bits per heavy atom. The molecule has 2 aromatic carbocycles. The first-order chi connectivity index (χ1) is 11.0. The third-order valence-electron chi connectivity index (χ3n) is 3.97. The molecule has 120 valence electrons.